The van der Waals surface area contributed by atoms with E-state index in [0.717, 1.165) is 22.6 Å². The van der Waals surface area contributed by atoms with Crippen LogP contribution in [-0.4, -0.2) is 16.8 Å². The van der Waals surface area contributed by atoms with E-state index in [2.05, 4.69) is 0 Å². The van der Waals surface area contributed by atoms with Gasteiger partial charge in [-0.15, -0.1) is 11.3 Å². The first-order chi connectivity index (χ1) is 17.8. The molecular formula is C29H21F2NO4S. The number of carbonyl (C=O) groups excluding carboxylic acids is 2. The molecule has 1 amide bonds. The van der Waals surface area contributed by atoms with Crippen molar-refractivity contribution in [2.24, 2.45) is 0 Å². The molecule has 1 aromatic heterocycles. The van der Waals surface area contributed by atoms with E-state index < -0.39 is 29.4 Å². The number of amides is 1. The van der Waals surface area contributed by atoms with Gasteiger partial charge in [0.05, 0.1) is 11.3 Å². The molecule has 0 bridgehead atoms. The van der Waals surface area contributed by atoms with Crippen LogP contribution < -0.4 is 9.64 Å². The fraction of sp³-hybridized carbons (Fsp3) is 0.103. The minimum atomic E-state index is -1.07. The lowest BCUT2D eigenvalue weighted by Crippen LogP contribution is -2.30. The van der Waals surface area contributed by atoms with Gasteiger partial charge >= 0.3 is 0 Å². The number of ketones is 1. The summed E-state index contributed by atoms with van der Waals surface area (Å²) in [6, 6.07) is 19.7. The van der Waals surface area contributed by atoms with Crippen molar-refractivity contribution in [2.75, 3.05) is 4.90 Å². The van der Waals surface area contributed by atoms with Crippen molar-refractivity contribution in [3.05, 3.63) is 123 Å². The van der Waals surface area contributed by atoms with Crippen LogP contribution in [0.3, 0.4) is 0 Å². The SMILES string of the molecule is Cc1cc(/C(O)=C2/C(=O)C(=O)N(c3ccc(F)cc3F)C2c2cccs2)ccc1OCc1ccccc1. The van der Waals surface area contributed by atoms with Gasteiger partial charge in [0, 0.05) is 16.5 Å². The van der Waals surface area contributed by atoms with Crippen LogP contribution in [0.15, 0.2) is 89.8 Å². The second-order valence-corrected chi connectivity index (χ2v) is 9.51. The van der Waals surface area contributed by atoms with Crippen LogP contribution in [0.25, 0.3) is 5.76 Å². The van der Waals surface area contributed by atoms with Crippen LogP contribution in [0.1, 0.15) is 27.6 Å². The highest BCUT2D eigenvalue weighted by Gasteiger charge is 2.48. The lowest BCUT2D eigenvalue weighted by molar-refractivity contribution is -0.132. The van der Waals surface area contributed by atoms with Gasteiger partial charge in [0.1, 0.15) is 35.8 Å². The topological polar surface area (TPSA) is 66.8 Å². The monoisotopic (exact) mass is 517 g/mol. The van der Waals surface area contributed by atoms with Gasteiger partial charge in [0.2, 0.25) is 0 Å². The first-order valence-corrected chi connectivity index (χ1v) is 12.3. The Balaban J connectivity index is 1.54. The highest BCUT2D eigenvalue weighted by molar-refractivity contribution is 7.10. The lowest BCUT2D eigenvalue weighted by atomic mass is 9.98. The first-order valence-electron chi connectivity index (χ1n) is 11.4. The molecule has 5 nitrogen and oxygen atoms in total. The number of rotatable bonds is 6. The number of thiophene rings is 1. The van der Waals surface area contributed by atoms with Gasteiger partial charge in [-0.05, 0) is 59.8 Å². The molecule has 1 saturated heterocycles. The smallest absolute Gasteiger partial charge is 0.300 e. The molecule has 1 fully saturated rings. The van der Waals surface area contributed by atoms with Gasteiger partial charge in [-0.3, -0.25) is 14.5 Å². The number of aliphatic hydroxyl groups excluding tert-OH is 1. The van der Waals surface area contributed by atoms with Crippen molar-refractivity contribution in [1.29, 1.82) is 0 Å². The summed E-state index contributed by atoms with van der Waals surface area (Å²) >= 11 is 1.25. The Kier molecular flexibility index (Phi) is 6.58. The number of aryl methyl sites for hydroxylation is 1. The number of benzene rings is 3. The molecule has 1 unspecified atom stereocenters. The van der Waals surface area contributed by atoms with Crippen molar-refractivity contribution in [3.8, 4) is 5.75 Å². The first kappa shape index (κ1) is 24.4. The molecule has 1 N–H and O–H groups in total. The third kappa shape index (κ3) is 4.63. The van der Waals surface area contributed by atoms with Gasteiger partial charge in [-0.1, -0.05) is 36.4 Å². The normalized spacial score (nSPS) is 16.8. The lowest BCUT2D eigenvalue weighted by Gasteiger charge is -2.24. The van der Waals surface area contributed by atoms with E-state index in [1.165, 1.54) is 11.3 Å². The van der Waals surface area contributed by atoms with Crippen molar-refractivity contribution < 1.29 is 28.2 Å². The number of ether oxygens (including phenoxy) is 1. The third-order valence-electron chi connectivity index (χ3n) is 6.11. The van der Waals surface area contributed by atoms with Crippen LogP contribution in [0.5, 0.6) is 5.75 Å². The van der Waals surface area contributed by atoms with E-state index >= 15 is 0 Å². The number of Topliss-reactive ketones (excluding diaryl/α,β-unsaturated/α-hetero) is 1. The Morgan fingerprint density at radius 2 is 1.78 bits per heavy atom. The molecular weight excluding hydrogens is 496 g/mol. The average molecular weight is 518 g/mol. The standard InChI is InChI=1S/C29H21F2NO4S/c1-17-14-19(9-12-23(17)36-16-18-6-3-2-4-7-18)27(33)25-26(24-8-5-13-37-24)32(29(35)28(25)34)22-11-10-20(30)15-21(22)31/h2-15,26,33H,16H2,1H3/b27-25-. The Bertz CT molecular complexity index is 1520. The zero-order valence-corrected chi connectivity index (χ0v) is 20.5. The highest BCUT2D eigenvalue weighted by Crippen LogP contribution is 2.44. The minimum absolute atomic E-state index is 0.173. The predicted octanol–water partition coefficient (Wildman–Crippen LogP) is 6.54. The van der Waals surface area contributed by atoms with E-state index in [1.807, 2.05) is 30.3 Å². The van der Waals surface area contributed by atoms with Gasteiger partial charge in [0.15, 0.2) is 0 Å². The van der Waals surface area contributed by atoms with E-state index in [0.29, 0.717) is 34.4 Å². The fourth-order valence-corrected chi connectivity index (χ4v) is 5.15. The second kappa shape index (κ2) is 9.99. The summed E-state index contributed by atoms with van der Waals surface area (Å²) in [6.45, 7) is 2.17. The van der Waals surface area contributed by atoms with Crippen LogP contribution >= 0.6 is 11.3 Å². The molecule has 186 valence electrons. The van der Waals surface area contributed by atoms with Crippen molar-refractivity contribution in [1.82, 2.24) is 0 Å². The summed E-state index contributed by atoms with van der Waals surface area (Å²) in [4.78, 5) is 27.8. The molecule has 5 rings (SSSR count). The Hall–Kier alpha value is -4.30. The minimum Gasteiger partial charge on any atom is -0.507 e. The van der Waals surface area contributed by atoms with Crippen LogP contribution in [0.4, 0.5) is 14.5 Å². The fourth-order valence-electron chi connectivity index (χ4n) is 4.32. The second-order valence-electron chi connectivity index (χ2n) is 8.53. The quantitative estimate of drug-likeness (QED) is 0.179. The Labute approximate surface area is 215 Å². The predicted molar refractivity (Wildman–Crippen MR) is 137 cm³/mol. The molecule has 0 spiro atoms. The number of halogens is 2. The maximum absolute atomic E-state index is 14.7. The molecule has 8 heteroatoms. The van der Waals surface area contributed by atoms with Crippen molar-refractivity contribution in [2.45, 2.75) is 19.6 Å². The number of hydrogen-bond donors (Lipinski definition) is 1. The summed E-state index contributed by atoms with van der Waals surface area (Å²) in [7, 11) is 0. The summed E-state index contributed by atoms with van der Waals surface area (Å²) in [5.74, 6) is -3.55. The Morgan fingerprint density at radius 3 is 2.46 bits per heavy atom. The van der Waals surface area contributed by atoms with Crippen LogP contribution in [-0.2, 0) is 16.2 Å². The average Bonchev–Trinajstić information content (AvgIpc) is 3.51. The number of nitrogens with zero attached hydrogens (tertiary/aromatic N) is 1. The van der Waals surface area contributed by atoms with Crippen molar-refractivity contribution >= 4 is 34.5 Å². The largest absolute Gasteiger partial charge is 0.507 e. The van der Waals surface area contributed by atoms with Crippen LogP contribution in [0.2, 0.25) is 0 Å². The molecule has 2 heterocycles. The van der Waals surface area contributed by atoms with E-state index in [-0.39, 0.29) is 17.0 Å². The molecule has 1 atom stereocenters. The van der Waals surface area contributed by atoms with E-state index in [9.17, 15) is 23.5 Å². The van der Waals surface area contributed by atoms with Gasteiger partial charge in [0.25, 0.3) is 11.7 Å². The van der Waals surface area contributed by atoms with E-state index in [4.69, 9.17) is 4.74 Å². The summed E-state index contributed by atoms with van der Waals surface area (Å²) < 4.78 is 34.2. The highest BCUT2D eigenvalue weighted by atomic mass is 32.1. The van der Waals surface area contributed by atoms with Crippen molar-refractivity contribution in [3.63, 3.8) is 0 Å². The summed E-state index contributed by atoms with van der Waals surface area (Å²) in [6.07, 6.45) is 0. The molecule has 1 aliphatic heterocycles. The molecule has 4 aromatic rings. The molecule has 37 heavy (non-hydrogen) atoms. The van der Waals surface area contributed by atoms with Gasteiger partial charge in [-0.25, -0.2) is 8.78 Å². The number of hydrogen-bond acceptors (Lipinski definition) is 5. The molecule has 0 saturated carbocycles. The number of aliphatic hydroxyl groups is 1. The molecule has 0 aliphatic carbocycles. The Morgan fingerprint density at radius 1 is 1.00 bits per heavy atom. The molecule has 0 radical (unpaired) electrons. The van der Waals surface area contributed by atoms with Gasteiger partial charge < -0.3 is 9.84 Å². The maximum Gasteiger partial charge on any atom is 0.300 e. The molecule has 1 aliphatic rings. The van der Waals surface area contributed by atoms with E-state index in [1.54, 1.807) is 42.6 Å². The maximum atomic E-state index is 14.7. The number of carbonyl (C=O) groups is 2. The number of anilines is 1. The summed E-state index contributed by atoms with van der Waals surface area (Å²) in [5, 5.41) is 13.0. The third-order valence-corrected chi connectivity index (χ3v) is 7.04. The zero-order chi connectivity index (χ0) is 26.1. The van der Waals surface area contributed by atoms with Crippen LogP contribution in [0, 0.1) is 18.6 Å². The molecule has 3 aromatic carbocycles. The summed E-state index contributed by atoms with van der Waals surface area (Å²) in [5.41, 5.74) is 1.60. The zero-order valence-electron chi connectivity index (χ0n) is 19.7. The van der Waals surface area contributed by atoms with Gasteiger partial charge in [-0.2, -0.15) is 0 Å².